The van der Waals surface area contributed by atoms with E-state index in [0.717, 1.165) is 16.3 Å². The van der Waals surface area contributed by atoms with Crippen LogP contribution in [0.4, 0.5) is 4.79 Å². The molecule has 1 aromatic heterocycles. The fourth-order valence-electron chi connectivity index (χ4n) is 2.04. The van der Waals surface area contributed by atoms with E-state index in [-0.39, 0.29) is 6.10 Å². The average molecular weight is 305 g/mol. The van der Waals surface area contributed by atoms with Gasteiger partial charge in [-0.3, -0.25) is 0 Å². The first kappa shape index (κ1) is 14.0. The molecule has 3 rings (SSSR count). The number of hydrogen-bond acceptors (Lipinski definition) is 6. The minimum atomic E-state index is -0.696. The van der Waals surface area contributed by atoms with Crippen molar-refractivity contribution in [3.63, 3.8) is 0 Å². The molecule has 6 heteroatoms. The summed E-state index contributed by atoms with van der Waals surface area (Å²) in [7, 11) is 0. The second-order valence-electron chi connectivity index (χ2n) is 4.78. The topological polar surface area (TPSA) is 57.7 Å². The molecule has 110 valence electrons. The molecule has 0 amide bonds. The Morgan fingerprint density at radius 3 is 3.10 bits per heavy atom. The molecule has 2 heterocycles. The van der Waals surface area contributed by atoms with Crippen LogP contribution in [0.15, 0.2) is 29.6 Å². The molecule has 1 fully saturated rings. The van der Waals surface area contributed by atoms with E-state index in [9.17, 15) is 4.79 Å². The van der Waals surface area contributed by atoms with Crippen molar-refractivity contribution in [1.82, 2.24) is 4.98 Å². The van der Waals surface area contributed by atoms with Gasteiger partial charge >= 0.3 is 6.16 Å². The molecule has 1 aliphatic rings. The van der Waals surface area contributed by atoms with Gasteiger partial charge in [0.05, 0.1) is 13.2 Å². The van der Waals surface area contributed by atoms with Crippen LogP contribution in [0.3, 0.4) is 0 Å². The van der Waals surface area contributed by atoms with E-state index in [4.69, 9.17) is 14.2 Å². The average Bonchev–Trinajstić information content (AvgIpc) is 3.10. The lowest BCUT2D eigenvalue weighted by atomic mass is 10.2. The first-order valence-corrected chi connectivity index (χ1v) is 7.57. The van der Waals surface area contributed by atoms with Crippen molar-refractivity contribution in [3.8, 4) is 16.3 Å². The summed E-state index contributed by atoms with van der Waals surface area (Å²) in [5.74, 6) is 0.448. The van der Waals surface area contributed by atoms with Gasteiger partial charge in [0, 0.05) is 23.1 Å². The highest BCUT2D eigenvalue weighted by atomic mass is 32.1. The van der Waals surface area contributed by atoms with Crippen LogP contribution in [-0.4, -0.2) is 30.5 Å². The Balaban J connectivity index is 1.66. The molecule has 1 atom stereocenters. The molecule has 2 aromatic rings. The number of hydrogen-bond donors (Lipinski definition) is 0. The first-order chi connectivity index (χ1) is 10.2. The summed E-state index contributed by atoms with van der Waals surface area (Å²) in [4.78, 5) is 16.1. The second-order valence-corrected chi connectivity index (χ2v) is 5.64. The van der Waals surface area contributed by atoms with Crippen LogP contribution in [0.2, 0.25) is 0 Å². The van der Waals surface area contributed by atoms with E-state index in [1.165, 1.54) is 0 Å². The summed E-state index contributed by atoms with van der Waals surface area (Å²) >= 11 is 1.56. The van der Waals surface area contributed by atoms with Crippen molar-refractivity contribution in [2.75, 3.05) is 13.2 Å². The summed E-state index contributed by atoms with van der Waals surface area (Å²) in [5.41, 5.74) is 1.89. The zero-order valence-electron chi connectivity index (χ0n) is 11.6. The molecule has 1 unspecified atom stereocenters. The van der Waals surface area contributed by atoms with Gasteiger partial charge in [-0.25, -0.2) is 9.78 Å². The van der Waals surface area contributed by atoms with Gasteiger partial charge in [-0.15, -0.1) is 11.3 Å². The fourth-order valence-corrected chi connectivity index (χ4v) is 2.84. The third-order valence-electron chi connectivity index (χ3n) is 3.05. The van der Waals surface area contributed by atoms with E-state index in [2.05, 4.69) is 4.98 Å². The van der Waals surface area contributed by atoms with Gasteiger partial charge in [-0.05, 0) is 19.1 Å². The van der Waals surface area contributed by atoms with Gasteiger partial charge in [-0.2, -0.15) is 0 Å². The van der Waals surface area contributed by atoms with Crippen LogP contribution in [0.1, 0.15) is 12.1 Å². The molecule has 1 aromatic carbocycles. The third kappa shape index (κ3) is 3.59. The van der Waals surface area contributed by atoms with Gasteiger partial charge in [-0.1, -0.05) is 12.1 Å². The number of carbonyl (C=O) groups is 1. The Labute approximate surface area is 126 Å². The van der Waals surface area contributed by atoms with Gasteiger partial charge in [0.25, 0.3) is 0 Å². The molecule has 0 N–H and O–H groups in total. The van der Waals surface area contributed by atoms with E-state index >= 15 is 0 Å². The lowest BCUT2D eigenvalue weighted by molar-refractivity contribution is 0.0507. The highest BCUT2D eigenvalue weighted by Gasteiger charge is 2.21. The van der Waals surface area contributed by atoms with Crippen LogP contribution in [0, 0.1) is 6.92 Å². The second kappa shape index (κ2) is 6.24. The first-order valence-electron chi connectivity index (χ1n) is 6.69. The summed E-state index contributed by atoms with van der Waals surface area (Å²) < 4.78 is 15.5. The number of aryl methyl sites for hydroxylation is 1. The molecule has 0 radical (unpaired) electrons. The quantitative estimate of drug-likeness (QED) is 0.642. The van der Waals surface area contributed by atoms with Crippen molar-refractivity contribution in [3.05, 3.63) is 35.3 Å². The molecular weight excluding hydrogens is 290 g/mol. The lowest BCUT2D eigenvalue weighted by Gasteiger charge is -2.10. The van der Waals surface area contributed by atoms with Crippen LogP contribution in [-0.2, 0) is 9.47 Å². The molecule has 0 spiro atoms. The number of benzene rings is 1. The number of thiazole rings is 1. The predicted octanol–water partition coefficient (Wildman–Crippen LogP) is 3.42. The predicted molar refractivity (Wildman–Crippen MR) is 78.6 cm³/mol. The molecule has 1 saturated heterocycles. The summed E-state index contributed by atoms with van der Waals surface area (Å²) in [6, 6.07) is 7.26. The highest BCUT2D eigenvalue weighted by molar-refractivity contribution is 7.13. The fraction of sp³-hybridized carbons (Fsp3) is 0.333. The zero-order valence-corrected chi connectivity index (χ0v) is 12.4. The van der Waals surface area contributed by atoms with E-state index < -0.39 is 6.16 Å². The maximum atomic E-state index is 11.7. The Morgan fingerprint density at radius 2 is 2.38 bits per heavy atom. The van der Waals surface area contributed by atoms with Crippen molar-refractivity contribution >= 4 is 17.5 Å². The monoisotopic (exact) mass is 305 g/mol. The normalized spacial score (nSPS) is 17.7. The van der Waals surface area contributed by atoms with E-state index in [1.54, 1.807) is 23.5 Å². The minimum Gasteiger partial charge on any atom is -0.428 e. The smallest absolute Gasteiger partial charge is 0.428 e. The number of aromatic nitrogens is 1. The molecule has 5 nitrogen and oxygen atoms in total. The van der Waals surface area contributed by atoms with Gasteiger partial charge in [0.15, 0.2) is 0 Å². The maximum Gasteiger partial charge on any atom is 0.514 e. The van der Waals surface area contributed by atoms with Crippen LogP contribution in [0.25, 0.3) is 10.6 Å². The molecule has 0 aliphatic carbocycles. The van der Waals surface area contributed by atoms with Gasteiger partial charge in [0.2, 0.25) is 0 Å². The zero-order chi connectivity index (χ0) is 14.7. The van der Waals surface area contributed by atoms with Gasteiger partial charge < -0.3 is 14.2 Å². The van der Waals surface area contributed by atoms with E-state index in [0.29, 0.717) is 25.4 Å². The SMILES string of the molecule is Cc1csc(-c2cccc(OC(=O)OC3CCOC3)c2)n1. The summed E-state index contributed by atoms with van der Waals surface area (Å²) in [5, 5.41) is 2.88. The number of rotatable bonds is 3. The third-order valence-corrected chi connectivity index (χ3v) is 4.06. The molecule has 0 saturated carbocycles. The number of ether oxygens (including phenoxy) is 3. The molecule has 0 bridgehead atoms. The van der Waals surface area contributed by atoms with Crippen molar-refractivity contribution in [1.29, 1.82) is 0 Å². The Hall–Kier alpha value is -1.92. The van der Waals surface area contributed by atoms with Crippen molar-refractivity contribution in [2.24, 2.45) is 0 Å². The van der Waals surface area contributed by atoms with Crippen LogP contribution >= 0.6 is 11.3 Å². The summed E-state index contributed by atoms with van der Waals surface area (Å²) in [6.45, 7) is 3.01. The Kier molecular flexibility index (Phi) is 4.17. The Bertz CT molecular complexity index is 634. The van der Waals surface area contributed by atoms with Crippen LogP contribution < -0.4 is 4.74 Å². The number of carbonyl (C=O) groups excluding carboxylic acids is 1. The standard InChI is InChI=1S/C15H15NO4S/c1-10-9-21-14(16-10)11-3-2-4-12(7-11)19-15(17)20-13-5-6-18-8-13/h2-4,7,9,13H,5-6,8H2,1H3. The Morgan fingerprint density at radius 1 is 1.48 bits per heavy atom. The maximum absolute atomic E-state index is 11.7. The highest BCUT2D eigenvalue weighted by Crippen LogP contribution is 2.27. The largest absolute Gasteiger partial charge is 0.514 e. The minimum absolute atomic E-state index is 0.206. The molecule has 21 heavy (non-hydrogen) atoms. The number of nitrogens with zero attached hydrogens (tertiary/aromatic N) is 1. The van der Waals surface area contributed by atoms with Crippen molar-refractivity contribution < 1.29 is 19.0 Å². The summed E-state index contributed by atoms with van der Waals surface area (Å²) in [6.07, 6.45) is -0.187. The molecular formula is C15H15NO4S. The lowest BCUT2D eigenvalue weighted by Crippen LogP contribution is -2.20. The van der Waals surface area contributed by atoms with Gasteiger partial charge in [0.1, 0.15) is 16.9 Å². The van der Waals surface area contributed by atoms with Crippen LogP contribution in [0.5, 0.6) is 5.75 Å². The van der Waals surface area contributed by atoms with E-state index in [1.807, 2.05) is 24.4 Å². The van der Waals surface area contributed by atoms with Crippen molar-refractivity contribution in [2.45, 2.75) is 19.4 Å². The molecule has 1 aliphatic heterocycles.